The van der Waals surface area contributed by atoms with Gasteiger partial charge in [-0.3, -0.25) is 0 Å². The number of rotatable bonds is 2. The van der Waals surface area contributed by atoms with E-state index in [1.165, 1.54) is 0 Å². The molecule has 64 valence electrons. The Bertz CT molecular complexity index is 371. The largest absolute Gasteiger partial charge is 0.476 e. The Morgan fingerprint density at radius 2 is 2.25 bits per heavy atom. The minimum absolute atomic E-state index is 0.0949. The average molecular weight is 169 g/mol. The van der Waals surface area contributed by atoms with Crippen LogP contribution in [0.1, 0.15) is 34.8 Å². The lowest BCUT2D eigenvalue weighted by Gasteiger charge is -1.89. The number of carboxylic acid groups (broad SMARTS) is 1. The lowest BCUT2D eigenvalue weighted by Crippen LogP contribution is -2.06. The van der Waals surface area contributed by atoms with E-state index in [0.717, 1.165) is 12.8 Å². The summed E-state index contributed by atoms with van der Waals surface area (Å²) >= 11 is 0. The standard InChI is InChI=1S/C7H7NO4/c9-6(10)5-4(3-1-2-3)7(11)12-8-5/h3,8H,1-2H2,(H,9,10). The SMILES string of the molecule is O=C(O)c1[nH]oc(=O)c1C1CC1. The van der Waals surface area contributed by atoms with Crippen LogP contribution in [0, 0.1) is 0 Å². The zero-order valence-electron chi connectivity index (χ0n) is 6.16. The van der Waals surface area contributed by atoms with Crippen LogP contribution in [0.2, 0.25) is 0 Å². The molecular formula is C7H7NO4. The Balaban J connectivity index is 2.53. The van der Waals surface area contributed by atoms with Gasteiger partial charge in [-0.1, -0.05) is 0 Å². The molecular weight excluding hydrogens is 162 g/mol. The lowest BCUT2D eigenvalue weighted by molar-refractivity contribution is 0.0684. The van der Waals surface area contributed by atoms with Crippen molar-refractivity contribution in [2.24, 2.45) is 0 Å². The van der Waals surface area contributed by atoms with Gasteiger partial charge in [0.05, 0.1) is 5.56 Å². The zero-order valence-corrected chi connectivity index (χ0v) is 6.16. The van der Waals surface area contributed by atoms with Crippen molar-refractivity contribution in [3.8, 4) is 0 Å². The molecule has 0 aliphatic heterocycles. The van der Waals surface area contributed by atoms with Crippen molar-refractivity contribution in [3.63, 3.8) is 0 Å². The summed E-state index contributed by atoms with van der Waals surface area (Å²) in [5, 5.41) is 10.7. The monoisotopic (exact) mass is 169 g/mol. The van der Waals surface area contributed by atoms with Crippen molar-refractivity contribution in [2.75, 3.05) is 0 Å². The van der Waals surface area contributed by atoms with E-state index in [9.17, 15) is 9.59 Å². The Kier molecular flexibility index (Phi) is 1.33. The maximum absolute atomic E-state index is 11.0. The van der Waals surface area contributed by atoms with E-state index in [1.54, 1.807) is 0 Å². The van der Waals surface area contributed by atoms with Crippen molar-refractivity contribution in [1.29, 1.82) is 0 Å². The van der Waals surface area contributed by atoms with E-state index in [4.69, 9.17) is 5.11 Å². The molecule has 1 heterocycles. The molecule has 1 aromatic rings. The average Bonchev–Trinajstić information content (AvgIpc) is 2.75. The van der Waals surface area contributed by atoms with Gasteiger partial charge in [0.1, 0.15) is 0 Å². The second-order valence-electron chi connectivity index (χ2n) is 2.86. The lowest BCUT2D eigenvalue weighted by atomic mass is 10.1. The van der Waals surface area contributed by atoms with Gasteiger partial charge in [-0.15, -0.1) is 0 Å². The zero-order chi connectivity index (χ0) is 8.72. The van der Waals surface area contributed by atoms with Gasteiger partial charge in [0.15, 0.2) is 5.69 Å². The summed E-state index contributed by atoms with van der Waals surface area (Å²) in [6.07, 6.45) is 1.76. The van der Waals surface area contributed by atoms with Crippen LogP contribution in [0.25, 0.3) is 0 Å². The van der Waals surface area contributed by atoms with Crippen molar-refractivity contribution in [3.05, 3.63) is 21.7 Å². The Labute approximate surface area is 67.0 Å². The maximum Gasteiger partial charge on any atom is 0.361 e. The second kappa shape index (κ2) is 2.23. The summed E-state index contributed by atoms with van der Waals surface area (Å²) in [5.74, 6) is -1.04. The van der Waals surface area contributed by atoms with E-state index in [0.29, 0.717) is 5.56 Å². The third-order valence-electron chi connectivity index (χ3n) is 1.93. The normalized spacial score (nSPS) is 16.3. The number of aromatic amines is 1. The van der Waals surface area contributed by atoms with Gasteiger partial charge in [0.2, 0.25) is 0 Å². The van der Waals surface area contributed by atoms with Gasteiger partial charge in [0, 0.05) is 0 Å². The highest BCUT2D eigenvalue weighted by Gasteiger charge is 2.33. The fourth-order valence-electron chi connectivity index (χ4n) is 1.21. The molecule has 2 rings (SSSR count). The molecule has 0 atom stereocenters. The van der Waals surface area contributed by atoms with Crippen molar-refractivity contribution in [1.82, 2.24) is 5.16 Å². The number of hydrogen-bond donors (Lipinski definition) is 2. The molecule has 1 aromatic heterocycles. The predicted molar refractivity (Wildman–Crippen MR) is 38.3 cm³/mol. The summed E-state index contributed by atoms with van der Waals surface area (Å²) in [7, 11) is 0. The molecule has 0 bridgehead atoms. The quantitative estimate of drug-likeness (QED) is 0.676. The van der Waals surface area contributed by atoms with Crippen molar-refractivity contribution >= 4 is 5.97 Å². The molecule has 1 aliphatic carbocycles. The number of aromatic nitrogens is 1. The first kappa shape index (κ1) is 7.15. The van der Waals surface area contributed by atoms with Gasteiger partial charge < -0.3 is 9.63 Å². The number of H-pyrrole nitrogens is 1. The first-order valence-corrected chi connectivity index (χ1v) is 3.65. The first-order chi connectivity index (χ1) is 5.70. The number of aromatic carboxylic acids is 1. The van der Waals surface area contributed by atoms with Crippen LogP contribution in [0.3, 0.4) is 0 Å². The van der Waals surface area contributed by atoms with Gasteiger partial charge in [-0.2, -0.15) is 0 Å². The van der Waals surface area contributed by atoms with E-state index in [-0.39, 0.29) is 11.6 Å². The molecule has 5 heteroatoms. The van der Waals surface area contributed by atoms with Gasteiger partial charge >= 0.3 is 11.6 Å². The molecule has 5 nitrogen and oxygen atoms in total. The molecule has 0 spiro atoms. The van der Waals surface area contributed by atoms with Crippen LogP contribution in [0.15, 0.2) is 9.32 Å². The van der Waals surface area contributed by atoms with Crippen LogP contribution in [0.4, 0.5) is 0 Å². The van der Waals surface area contributed by atoms with Gasteiger partial charge in [0.25, 0.3) is 0 Å². The van der Waals surface area contributed by atoms with E-state index >= 15 is 0 Å². The minimum atomic E-state index is -1.14. The van der Waals surface area contributed by atoms with Crippen LogP contribution >= 0.6 is 0 Å². The number of carboxylic acids is 1. The molecule has 0 radical (unpaired) electrons. The highest BCUT2D eigenvalue weighted by atomic mass is 16.5. The topological polar surface area (TPSA) is 83.3 Å². The Morgan fingerprint density at radius 1 is 1.58 bits per heavy atom. The molecule has 1 saturated carbocycles. The molecule has 1 aliphatic rings. The highest BCUT2D eigenvalue weighted by molar-refractivity contribution is 5.87. The molecule has 0 aromatic carbocycles. The van der Waals surface area contributed by atoms with Crippen LogP contribution in [-0.2, 0) is 0 Å². The van der Waals surface area contributed by atoms with Crippen LogP contribution in [-0.4, -0.2) is 16.2 Å². The molecule has 0 unspecified atom stereocenters. The third kappa shape index (κ3) is 0.939. The fraction of sp³-hybridized carbons (Fsp3) is 0.429. The second-order valence-corrected chi connectivity index (χ2v) is 2.86. The summed E-state index contributed by atoms with van der Waals surface area (Å²) < 4.78 is 4.40. The van der Waals surface area contributed by atoms with E-state index in [1.807, 2.05) is 0 Å². The molecule has 1 fully saturated rings. The summed E-state index contributed by atoms with van der Waals surface area (Å²) in [6.45, 7) is 0. The Morgan fingerprint density at radius 3 is 2.75 bits per heavy atom. The maximum atomic E-state index is 11.0. The van der Waals surface area contributed by atoms with E-state index < -0.39 is 11.6 Å². The predicted octanol–water partition coefficient (Wildman–Crippen LogP) is 0.543. The number of nitrogens with one attached hydrogen (secondary N) is 1. The van der Waals surface area contributed by atoms with Crippen LogP contribution in [0.5, 0.6) is 0 Å². The van der Waals surface area contributed by atoms with E-state index in [2.05, 4.69) is 9.68 Å². The summed E-state index contributed by atoms with van der Waals surface area (Å²) in [5.41, 5.74) is -0.347. The van der Waals surface area contributed by atoms with Gasteiger partial charge in [-0.25, -0.2) is 14.7 Å². The first-order valence-electron chi connectivity index (χ1n) is 3.65. The number of carbonyl (C=O) groups is 1. The Hall–Kier alpha value is -1.52. The smallest absolute Gasteiger partial charge is 0.361 e. The third-order valence-corrected chi connectivity index (χ3v) is 1.93. The highest BCUT2D eigenvalue weighted by Crippen LogP contribution is 2.39. The summed E-state index contributed by atoms with van der Waals surface area (Å²) in [4.78, 5) is 21.5. The fourth-order valence-corrected chi connectivity index (χ4v) is 1.21. The minimum Gasteiger partial charge on any atom is -0.476 e. The summed E-state index contributed by atoms with van der Waals surface area (Å²) in [6, 6.07) is 0. The molecule has 0 amide bonds. The number of hydrogen-bond acceptors (Lipinski definition) is 3. The van der Waals surface area contributed by atoms with Crippen molar-refractivity contribution in [2.45, 2.75) is 18.8 Å². The van der Waals surface area contributed by atoms with Crippen molar-refractivity contribution < 1.29 is 14.4 Å². The van der Waals surface area contributed by atoms with Gasteiger partial charge in [-0.05, 0) is 18.8 Å². The molecule has 12 heavy (non-hydrogen) atoms. The molecule has 2 N–H and O–H groups in total. The van der Waals surface area contributed by atoms with Crippen LogP contribution < -0.4 is 5.63 Å². The molecule has 0 saturated heterocycles.